The maximum absolute atomic E-state index is 10.5. The smallest absolute Gasteiger partial charge is 0.261 e. The van der Waals surface area contributed by atoms with Crippen LogP contribution in [0.3, 0.4) is 0 Å². The molecule has 0 amide bonds. The molecule has 0 aliphatic carbocycles. The zero-order valence-electron chi connectivity index (χ0n) is 11.4. The van der Waals surface area contributed by atoms with E-state index in [1.807, 2.05) is 43.3 Å². The summed E-state index contributed by atoms with van der Waals surface area (Å²) in [4.78, 5) is 13.9. The van der Waals surface area contributed by atoms with E-state index in [1.54, 1.807) is 6.21 Å². The van der Waals surface area contributed by atoms with E-state index >= 15 is 0 Å². The third kappa shape index (κ3) is 4.54. The van der Waals surface area contributed by atoms with E-state index in [9.17, 15) is 10.1 Å². The number of anilines is 1. The van der Waals surface area contributed by atoms with Gasteiger partial charge in [-0.2, -0.15) is 5.10 Å². The lowest BCUT2D eigenvalue weighted by Crippen LogP contribution is -1.94. The minimum absolute atomic E-state index is 0.0512. The third-order valence-corrected chi connectivity index (χ3v) is 2.60. The Balaban J connectivity index is 1.95. The fourth-order valence-corrected chi connectivity index (χ4v) is 1.61. The van der Waals surface area contributed by atoms with Gasteiger partial charge in [0.2, 0.25) is 0 Å². The van der Waals surface area contributed by atoms with Gasteiger partial charge in [-0.05, 0) is 24.1 Å². The predicted molar refractivity (Wildman–Crippen MR) is 83.1 cm³/mol. The molecule has 0 aliphatic rings. The highest BCUT2D eigenvalue weighted by atomic mass is 16.6. The second-order valence-electron chi connectivity index (χ2n) is 4.33. The molecule has 1 aromatic carbocycles. The first-order chi connectivity index (χ1) is 10.1. The summed E-state index contributed by atoms with van der Waals surface area (Å²) in [5.41, 5.74) is 4.73. The standard InChI is InChI=1S/C15H14N4O2/c1-12(9-13-5-3-2-4-6-13)10-17-18-15-8-7-14(11-16-15)19(20)21/h2-11H,1H3,(H,16,18). The van der Waals surface area contributed by atoms with E-state index in [1.165, 1.54) is 18.3 Å². The molecule has 21 heavy (non-hydrogen) atoms. The maximum Gasteiger partial charge on any atom is 0.287 e. The van der Waals surface area contributed by atoms with Crippen molar-refractivity contribution in [2.45, 2.75) is 6.92 Å². The van der Waals surface area contributed by atoms with E-state index in [0.717, 1.165) is 11.1 Å². The number of nitrogens with one attached hydrogen (secondary N) is 1. The number of benzene rings is 1. The Morgan fingerprint density at radius 3 is 2.67 bits per heavy atom. The summed E-state index contributed by atoms with van der Waals surface area (Å²) >= 11 is 0. The van der Waals surface area contributed by atoms with Gasteiger partial charge in [0.05, 0.1) is 11.1 Å². The molecule has 6 heteroatoms. The Morgan fingerprint density at radius 2 is 2.05 bits per heavy atom. The molecule has 0 unspecified atom stereocenters. The number of pyridine rings is 1. The minimum Gasteiger partial charge on any atom is -0.261 e. The largest absolute Gasteiger partial charge is 0.287 e. The molecule has 0 spiro atoms. The van der Waals surface area contributed by atoms with Crippen molar-refractivity contribution in [2.24, 2.45) is 5.10 Å². The van der Waals surface area contributed by atoms with Gasteiger partial charge >= 0.3 is 0 Å². The van der Waals surface area contributed by atoms with Crippen molar-refractivity contribution in [1.82, 2.24) is 4.98 Å². The van der Waals surface area contributed by atoms with Gasteiger partial charge in [-0.15, -0.1) is 0 Å². The van der Waals surface area contributed by atoms with Gasteiger partial charge in [0.25, 0.3) is 5.69 Å². The maximum atomic E-state index is 10.5. The van der Waals surface area contributed by atoms with Crippen molar-refractivity contribution in [3.8, 4) is 0 Å². The van der Waals surface area contributed by atoms with Gasteiger partial charge < -0.3 is 0 Å². The van der Waals surface area contributed by atoms with Crippen molar-refractivity contribution in [2.75, 3.05) is 5.43 Å². The van der Waals surface area contributed by atoms with E-state index in [4.69, 9.17) is 0 Å². The van der Waals surface area contributed by atoms with Gasteiger partial charge in [0, 0.05) is 6.07 Å². The number of aromatic nitrogens is 1. The number of hydrazone groups is 1. The number of nitro groups is 1. The number of rotatable bonds is 5. The Kier molecular flexibility index (Phi) is 4.76. The average molecular weight is 282 g/mol. The Bertz CT molecular complexity index is 664. The molecule has 1 heterocycles. The summed E-state index contributed by atoms with van der Waals surface area (Å²) in [5, 5.41) is 14.5. The Labute approximate surface area is 122 Å². The van der Waals surface area contributed by atoms with Gasteiger partial charge in [-0.1, -0.05) is 36.4 Å². The van der Waals surface area contributed by atoms with Gasteiger partial charge in [-0.3, -0.25) is 15.5 Å². The summed E-state index contributed by atoms with van der Waals surface area (Å²) in [6.07, 6.45) is 4.84. The van der Waals surface area contributed by atoms with E-state index < -0.39 is 4.92 Å². The molecular weight excluding hydrogens is 268 g/mol. The van der Waals surface area contributed by atoms with Crippen LogP contribution >= 0.6 is 0 Å². The van der Waals surface area contributed by atoms with Crippen LogP contribution in [0.5, 0.6) is 0 Å². The molecule has 106 valence electrons. The van der Waals surface area contributed by atoms with Crippen LogP contribution in [0.2, 0.25) is 0 Å². The summed E-state index contributed by atoms with van der Waals surface area (Å²) in [6, 6.07) is 12.8. The fraction of sp³-hybridized carbons (Fsp3) is 0.0667. The lowest BCUT2D eigenvalue weighted by atomic mass is 10.1. The Morgan fingerprint density at radius 1 is 1.29 bits per heavy atom. The molecule has 0 fully saturated rings. The summed E-state index contributed by atoms with van der Waals surface area (Å²) in [6.45, 7) is 1.93. The van der Waals surface area contributed by atoms with Crippen LogP contribution in [0.25, 0.3) is 6.08 Å². The van der Waals surface area contributed by atoms with Crippen LogP contribution in [-0.2, 0) is 0 Å². The van der Waals surface area contributed by atoms with Crippen molar-refractivity contribution in [3.63, 3.8) is 0 Å². The van der Waals surface area contributed by atoms with Crippen molar-refractivity contribution >= 4 is 23.8 Å². The molecule has 2 aromatic rings. The second-order valence-corrected chi connectivity index (χ2v) is 4.33. The number of allylic oxidation sites excluding steroid dienone is 1. The van der Waals surface area contributed by atoms with Gasteiger partial charge in [-0.25, -0.2) is 4.98 Å². The van der Waals surface area contributed by atoms with E-state index in [0.29, 0.717) is 5.82 Å². The summed E-state index contributed by atoms with van der Waals surface area (Å²) in [7, 11) is 0. The highest BCUT2D eigenvalue weighted by Crippen LogP contribution is 2.11. The second kappa shape index (κ2) is 6.95. The van der Waals surface area contributed by atoms with Crippen molar-refractivity contribution in [3.05, 3.63) is 69.9 Å². The summed E-state index contributed by atoms with van der Waals surface area (Å²) < 4.78 is 0. The first-order valence-corrected chi connectivity index (χ1v) is 6.28. The van der Waals surface area contributed by atoms with Crippen LogP contribution in [-0.4, -0.2) is 16.1 Å². The van der Waals surface area contributed by atoms with Gasteiger partial charge in [0.1, 0.15) is 12.0 Å². The molecule has 0 saturated heterocycles. The number of hydrogen-bond acceptors (Lipinski definition) is 5. The fourth-order valence-electron chi connectivity index (χ4n) is 1.61. The summed E-state index contributed by atoms with van der Waals surface area (Å²) in [5.74, 6) is 0.448. The molecule has 1 N–H and O–H groups in total. The zero-order chi connectivity index (χ0) is 15.1. The molecule has 0 saturated carbocycles. The quantitative estimate of drug-likeness (QED) is 0.517. The minimum atomic E-state index is -0.493. The SMILES string of the molecule is CC(C=NNc1ccc([N+](=O)[O-])cn1)=Cc1ccccc1. The third-order valence-electron chi connectivity index (χ3n) is 2.60. The number of nitrogens with zero attached hydrogens (tertiary/aromatic N) is 3. The molecule has 0 radical (unpaired) electrons. The van der Waals surface area contributed by atoms with Crippen LogP contribution in [0.4, 0.5) is 11.5 Å². The first-order valence-electron chi connectivity index (χ1n) is 6.28. The number of hydrogen-bond donors (Lipinski definition) is 1. The molecule has 0 aliphatic heterocycles. The molecule has 0 bridgehead atoms. The van der Waals surface area contributed by atoms with Crippen molar-refractivity contribution < 1.29 is 4.92 Å². The highest BCUT2D eigenvalue weighted by Gasteiger charge is 2.04. The topological polar surface area (TPSA) is 80.4 Å². The van der Waals surface area contributed by atoms with Crippen LogP contribution in [0, 0.1) is 10.1 Å². The first kappa shape index (κ1) is 14.4. The zero-order valence-corrected chi connectivity index (χ0v) is 11.4. The Hall–Kier alpha value is -3.02. The molecule has 6 nitrogen and oxygen atoms in total. The average Bonchev–Trinajstić information content (AvgIpc) is 2.49. The predicted octanol–water partition coefficient (Wildman–Crippen LogP) is 3.49. The lowest BCUT2D eigenvalue weighted by molar-refractivity contribution is -0.385. The van der Waals surface area contributed by atoms with E-state index in [2.05, 4.69) is 15.5 Å². The van der Waals surface area contributed by atoms with Crippen LogP contribution < -0.4 is 5.43 Å². The normalized spacial score (nSPS) is 11.6. The van der Waals surface area contributed by atoms with Crippen LogP contribution in [0.15, 0.2) is 59.3 Å². The van der Waals surface area contributed by atoms with E-state index in [-0.39, 0.29) is 5.69 Å². The molecule has 0 atom stereocenters. The highest BCUT2D eigenvalue weighted by molar-refractivity contribution is 5.85. The van der Waals surface area contributed by atoms with Crippen molar-refractivity contribution in [1.29, 1.82) is 0 Å². The molecule has 2 rings (SSSR count). The molecule has 1 aromatic heterocycles. The van der Waals surface area contributed by atoms with Gasteiger partial charge in [0.15, 0.2) is 0 Å². The monoisotopic (exact) mass is 282 g/mol. The lowest BCUT2D eigenvalue weighted by Gasteiger charge is -1.98. The van der Waals surface area contributed by atoms with Crippen LogP contribution in [0.1, 0.15) is 12.5 Å². The molecular formula is C15H14N4O2.